The molecule has 0 aliphatic carbocycles. The molecule has 0 aliphatic heterocycles. The molecule has 0 spiro atoms. The summed E-state index contributed by atoms with van der Waals surface area (Å²) >= 11 is 0. The Morgan fingerprint density at radius 1 is 1.30 bits per heavy atom. The largest absolute Gasteiger partial charge is 0.416 e. The van der Waals surface area contributed by atoms with Crippen LogP contribution in [0.4, 0.5) is 13.2 Å². The van der Waals surface area contributed by atoms with E-state index in [-0.39, 0.29) is 18.7 Å². The van der Waals surface area contributed by atoms with Crippen molar-refractivity contribution in [3.8, 4) is 6.07 Å². The minimum atomic E-state index is -4.63. The number of benzene rings is 1. The van der Waals surface area contributed by atoms with Crippen LogP contribution in [-0.4, -0.2) is 25.8 Å². The first-order chi connectivity index (χ1) is 10.7. The summed E-state index contributed by atoms with van der Waals surface area (Å²) in [6, 6.07) is 5.94. The highest BCUT2D eigenvalue weighted by atomic mass is 32.2. The number of hydrogen-bond donors (Lipinski definition) is 0. The van der Waals surface area contributed by atoms with Crippen LogP contribution in [0.5, 0.6) is 0 Å². The Hall–Kier alpha value is -2.05. The van der Waals surface area contributed by atoms with Gasteiger partial charge in [0.1, 0.15) is 6.07 Å². The highest BCUT2D eigenvalue weighted by molar-refractivity contribution is 7.84. The molecule has 0 unspecified atom stereocenters. The lowest BCUT2D eigenvalue weighted by Crippen LogP contribution is -2.31. The summed E-state index contributed by atoms with van der Waals surface area (Å²) in [5.41, 5.74) is -1.34. The van der Waals surface area contributed by atoms with Gasteiger partial charge in [-0.2, -0.15) is 31.2 Å². The Morgan fingerprint density at radius 2 is 1.87 bits per heavy atom. The molecule has 0 heterocycles. The molecule has 5 nitrogen and oxygen atoms in total. The number of nitrogens with zero attached hydrogens (tertiary/aromatic N) is 2. The van der Waals surface area contributed by atoms with Crippen molar-refractivity contribution >= 4 is 16.4 Å². The van der Waals surface area contributed by atoms with Crippen molar-refractivity contribution < 1.29 is 25.8 Å². The van der Waals surface area contributed by atoms with E-state index < -0.39 is 27.8 Å². The summed E-state index contributed by atoms with van der Waals surface area (Å²) in [7, 11) is -4.24. The predicted molar refractivity (Wildman–Crippen MR) is 78.0 cm³/mol. The number of alkyl halides is 3. The average Bonchev–Trinajstić information content (AvgIpc) is 2.46. The molecule has 1 aromatic rings. The van der Waals surface area contributed by atoms with Gasteiger partial charge in [-0.05, 0) is 11.6 Å². The quantitative estimate of drug-likeness (QED) is 0.585. The highest BCUT2D eigenvalue weighted by Gasteiger charge is 2.33. The van der Waals surface area contributed by atoms with Crippen LogP contribution >= 0.6 is 0 Å². The molecule has 0 bridgehead atoms. The van der Waals surface area contributed by atoms with E-state index in [2.05, 4.69) is 4.18 Å². The first kappa shape index (κ1) is 19.0. The fourth-order valence-electron chi connectivity index (χ4n) is 1.80. The van der Waals surface area contributed by atoms with E-state index in [0.717, 1.165) is 22.5 Å². The summed E-state index contributed by atoms with van der Waals surface area (Å²) in [5.74, 6) is -0.742. The number of allylic oxidation sites excluding steroid dienone is 1. The molecule has 0 saturated heterocycles. The fraction of sp³-hybridized carbons (Fsp3) is 0.357. The van der Waals surface area contributed by atoms with Crippen LogP contribution < -0.4 is 0 Å². The molecule has 0 radical (unpaired) electrons. The van der Waals surface area contributed by atoms with Crippen LogP contribution in [0, 0.1) is 11.3 Å². The maximum Gasteiger partial charge on any atom is 0.416 e. The van der Waals surface area contributed by atoms with E-state index in [1.54, 1.807) is 13.8 Å². The van der Waals surface area contributed by atoms with Crippen LogP contribution in [-0.2, 0) is 20.7 Å². The second-order valence-electron chi connectivity index (χ2n) is 4.33. The van der Waals surface area contributed by atoms with Crippen LogP contribution in [0.2, 0.25) is 0 Å². The van der Waals surface area contributed by atoms with E-state index in [1.807, 2.05) is 0 Å². The second kappa shape index (κ2) is 7.48. The Kier molecular flexibility index (Phi) is 6.18. The molecule has 0 aromatic heterocycles. The first-order valence-corrected chi connectivity index (χ1v) is 7.99. The van der Waals surface area contributed by atoms with Gasteiger partial charge in [0.25, 0.3) is 0 Å². The lowest BCUT2D eigenvalue weighted by molar-refractivity contribution is -0.137. The van der Waals surface area contributed by atoms with E-state index in [9.17, 15) is 21.6 Å². The van der Waals surface area contributed by atoms with Crippen LogP contribution in [0.1, 0.15) is 25.0 Å². The predicted octanol–water partition coefficient (Wildman–Crippen LogP) is 3.17. The van der Waals surface area contributed by atoms with Gasteiger partial charge in [0.15, 0.2) is 0 Å². The van der Waals surface area contributed by atoms with Crippen molar-refractivity contribution in [1.29, 1.82) is 5.26 Å². The third kappa shape index (κ3) is 4.97. The lowest BCUT2D eigenvalue weighted by atomic mass is 10.1. The van der Waals surface area contributed by atoms with E-state index in [4.69, 9.17) is 5.26 Å². The zero-order valence-corrected chi connectivity index (χ0v) is 13.3. The van der Waals surface area contributed by atoms with Crippen molar-refractivity contribution in [2.45, 2.75) is 20.0 Å². The molecule has 0 N–H and O–H groups in total. The fourth-order valence-corrected chi connectivity index (χ4v) is 2.85. The summed E-state index contributed by atoms with van der Waals surface area (Å²) in [5, 5.41) is 8.96. The monoisotopic (exact) mass is 348 g/mol. The van der Waals surface area contributed by atoms with Gasteiger partial charge in [-0.1, -0.05) is 32.0 Å². The summed E-state index contributed by atoms with van der Waals surface area (Å²) in [4.78, 5) is 0. The van der Waals surface area contributed by atoms with Gasteiger partial charge >= 0.3 is 16.5 Å². The van der Waals surface area contributed by atoms with E-state index in [0.29, 0.717) is 0 Å². The molecule has 1 rings (SSSR count). The van der Waals surface area contributed by atoms with Gasteiger partial charge in [0, 0.05) is 19.2 Å². The van der Waals surface area contributed by atoms with Crippen molar-refractivity contribution in [3.05, 3.63) is 41.2 Å². The van der Waals surface area contributed by atoms with Gasteiger partial charge in [0.05, 0.1) is 5.56 Å². The number of halogens is 3. The van der Waals surface area contributed by atoms with Gasteiger partial charge in [-0.25, -0.2) is 0 Å². The third-order valence-electron chi connectivity index (χ3n) is 2.88. The molecular formula is C14H15F3N2O3S. The van der Waals surface area contributed by atoms with Gasteiger partial charge in [0.2, 0.25) is 5.76 Å². The van der Waals surface area contributed by atoms with Gasteiger partial charge in [-0.15, -0.1) is 0 Å². The topological polar surface area (TPSA) is 70.4 Å². The smallest absolute Gasteiger partial charge is 0.359 e. The molecule has 126 valence electrons. The molecule has 9 heteroatoms. The minimum Gasteiger partial charge on any atom is -0.359 e. The SMILES string of the molecule is CCN(CC)S(=O)(=O)OC(C#N)=Cc1ccccc1C(F)(F)F. The highest BCUT2D eigenvalue weighted by Crippen LogP contribution is 2.33. The zero-order chi connectivity index (χ0) is 17.7. The Labute approximate surface area is 132 Å². The molecule has 0 aliphatic rings. The van der Waals surface area contributed by atoms with E-state index >= 15 is 0 Å². The first-order valence-electron chi connectivity index (χ1n) is 6.63. The average molecular weight is 348 g/mol. The summed E-state index contributed by atoms with van der Waals surface area (Å²) in [6.45, 7) is 3.35. The standard InChI is InChI=1S/C14H15F3N2O3S/c1-3-19(4-2)23(20,21)22-12(10-18)9-11-7-5-6-8-13(11)14(15,16)17/h5-9H,3-4H2,1-2H3. The molecule has 0 fully saturated rings. The molecule has 0 amide bonds. The van der Waals surface area contributed by atoms with Gasteiger partial charge < -0.3 is 4.18 Å². The Balaban J connectivity index is 3.24. The molecule has 1 aromatic carbocycles. The van der Waals surface area contributed by atoms with Crippen LogP contribution in [0.25, 0.3) is 6.08 Å². The second-order valence-corrected chi connectivity index (χ2v) is 5.87. The molecule has 23 heavy (non-hydrogen) atoms. The maximum absolute atomic E-state index is 12.9. The van der Waals surface area contributed by atoms with Crippen molar-refractivity contribution in [2.24, 2.45) is 0 Å². The lowest BCUT2D eigenvalue weighted by Gasteiger charge is -2.17. The zero-order valence-electron chi connectivity index (χ0n) is 12.5. The molecule has 0 atom stereocenters. The number of rotatable bonds is 6. The van der Waals surface area contributed by atoms with Gasteiger partial charge in [-0.3, -0.25) is 0 Å². The van der Waals surface area contributed by atoms with Crippen molar-refractivity contribution in [1.82, 2.24) is 4.31 Å². The molecular weight excluding hydrogens is 333 g/mol. The van der Waals surface area contributed by atoms with Crippen LogP contribution in [0.3, 0.4) is 0 Å². The van der Waals surface area contributed by atoms with Crippen molar-refractivity contribution in [3.63, 3.8) is 0 Å². The molecule has 0 saturated carbocycles. The third-order valence-corrected chi connectivity index (χ3v) is 4.42. The maximum atomic E-state index is 12.9. The van der Waals surface area contributed by atoms with Crippen LogP contribution in [0.15, 0.2) is 30.0 Å². The minimum absolute atomic E-state index is 0.108. The van der Waals surface area contributed by atoms with Crippen molar-refractivity contribution in [2.75, 3.05) is 13.1 Å². The normalized spacial score (nSPS) is 13.0. The summed E-state index contributed by atoms with van der Waals surface area (Å²) < 4.78 is 68.1. The number of hydrogen-bond acceptors (Lipinski definition) is 4. The number of nitriles is 1. The van der Waals surface area contributed by atoms with E-state index in [1.165, 1.54) is 18.2 Å². The summed E-state index contributed by atoms with van der Waals surface area (Å²) in [6.07, 6.45) is -3.88. The Bertz CT molecular complexity index is 718. The Morgan fingerprint density at radius 3 is 2.35 bits per heavy atom.